The van der Waals surface area contributed by atoms with Crippen LogP contribution >= 0.6 is 11.3 Å². The molecule has 0 amide bonds. The zero-order chi connectivity index (χ0) is 13.0. The Morgan fingerprint density at radius 1 is 1.17 bits per heavy atom. The Hall–Kier alpha value is -2.14. The molecule has 0 aliphatic carbocycles. The highest BCUT2D eigenvalue weighted by atomic mass is 32.1. The molecule has 92 valence electrons. The highest BCUT2D eigenvalue weighted by molar-refractivity contribution is 7.15. The Bertz CT molecular complexity index is 595. The summed E-state index contributed by atoms with van der Waals surface area (Å²) in [5, 5.41) is 7.46. The molecule has 0 fully saturated rings. The van der Waals surface area contributed by atoms with Gasteiger partial charge in [0, 0.05) is 20.9 Å². The number of rotatable bonds is 3. The molecule has 2 aromatic rings. The molecule has 5 heteroatoms. The van der Waals surface area contributed by atoms with E-state index in [1.165, 1.54) is 9.75 Å². The smallest absolute Gasteiger partial charge is 0.211 e. The molecule has 0 aliphatic heterocycles. The molecule has 0 aliphatic rings. The average molecular weight is 258 g/mol. The van der Waals surface area contributed by atoms with Gasteiger partial charge in [0.1, 0.15) is 0 Å². The van der Waals surface area contributed by atoms with Crippen molar-refractivity contribution in [3.63, 3.8) is 0 Å². The summed E-state index contributed by atoms with van der Waals surface area (Å²) in [5.41, 5.74) is 12.6. The minimum absolute atomic E-state index is 0.0456. The summed E-state index contributed by atoms with van der Waals surface area (Å²) in [5.74, 6) is -0.0456. The Balaban J connectivity index is 2.37. The quantitative estimate of drug-likeness (QED) is 0.503. The zero-order valence-electron chi connectivity index (χ0n) is 10.00. The minimum Gasteiger partial charge on any atom is -0.369 e. The number of guanidine groups is 1. The normalized spacial score (nSPS) is 10.7. The monoisotopic (exact) mass is 258 g/mol. The van der Waals surface area contributed by atoms with Crippen LogP contribution in [0.5, 0.6) is 0 Å². The van der Waals surface area contributed by atoms with Crippen LogP contribution in [-0.4, -0.2) is 12.2 Å². The lowest BCUT2D eigenvalue weighted by Gasteiger charge is -2.01. The predicted octanol–water partition coefficient (Wildman–Crippen LogP) is 2.33. The lowest BCUT2D eigenvalue weighted by molar-refractivity contribution is 1.21. The Labute approximate surface area is 110 Å². The van der Waals surface area contributed by atoms with Crippen molar-refractivity contribution < 1.29 is 0 Å². The molecular weight excluding hydrogens is 244 g/mol. The van der Waals surface area contributed by atoms with E-state index in [9.17, 15) is 0 Å². The number of hydrogen-bond acceptors (Lipinski definition) is 3. The average Bonchev–Trinajstić information content (AvgIpc) is 2.76. The molecule has 1 heterocycles. The fourth-order valence-corrected chi connectivity index (χ4v) is 2.49. The van der Waals surface area contributed by atoms with Gasteiger partial charge in [0.15, 0.2) is 0 Å². The van der Waals surface area contributed by atoms with Crippen LogP contribution in [0.4, 0.5) is 0 Å². The Morgan fingerprint density at radius 3 is 2.61 bits per heavy atom. The van der Waals surface area contributed by atoms with Gasteiger partial charge in [-0.15, -0.1) is 16.4 Å². The van der Waals surface area contributed by atoms with Gasteiger partial charge in [0.05, 0.1) is 6.21 Å². The van der Waals surface area contributed by atoms with Gasteiger partial charge in [0.2, 0.25) is 5.96 Å². The molecule has 0 saturated carbocycles. The third-order valence-corrected chi connectivity index (χ3v) is 3.37. The molecular formula is C13H14N4S. The number of nitrogens with zero attached hydrogens (tertiary/aromatic N) is 2. The van der Waals surface area contributed by atoms with Gasteiger partial charge < -0.3 is 11.5 Å². The van der Waals surface area contributed by atoms with Crippen molar-refractivity contribution >= 4 is 23.5 Å². The van der Waals surface area contributed by atoms with Gasteiger partial charge >= 0.3 is 0 Å². The highest BCUT2D eigenvalue weighted by Gasteiger charge is 2.04. The zero-order valence-corrected chi connectivity index (χ0v) is 10.8. The fourth-order valence-electron chi connectivity index (χ4n) is 1.57. The standard InChI is InChI=1S/C13H14N4S/c1-9-6-7-12(18-9)11-5-3-2-4-10(11)8-16-17-13(14)15/h2-8H,1H3,(H4,14,15,17). The second-order valence-corrected chi connectivity index (χ2v) is 5.05. The summed E-state index contributed by atoms with van der Waals surface area (Å²) in [4.78, 5) is 2.49. The molecule has 1 aromatic heterocycles. The van der Waals surface area contributed by atoms with Crippen molar-refractivity contribution in [2.45, 2.75) is 6.92 Å². The van der Waals surface area contributed by atoms with Gasteiger partial charge in [-0.1, -0.05) is 24.3 Å². The van der Waals surface area contributed by atoms with Gasteiger partial charge in [-0.25, -0.2) is 0 Å². The van der Waals surface area contributed by atoms with E-state index in [1.54, 1.807) is 17.6 Å². The molecule has 0 spiro atoms. The van der Waals surface area contributed by atoms with Crippen LogP contribution in [0.25, 0.3) is 10.4 Å². The summed E-state index contributed by atoms with van der Waals surface area (Å²) < 4.78 is 0. The van der Waals surface area contributed by atoms with E-state index >= 15 is 0 Å². The maximum Gasteiger partial charge on any atom is 0.211 e. The van der Waals surface area contributed by atoms with Crippen molar-refractivity contribution in [2.75, 3.05) is 0 Å². The molecule has 0 bridgehead atoms. The number of benzene rings is 1. The van der Waals surface area contributed by atoms with Crippen LogP contribution in [0.2, 0.25) is 0 Å². The lowest BCUT2D eigenvalue weighted by Crippen LogP contribution is -2.21. The van der Waals surface area contributed by atoms with Crippen molar-refractivity contribution in [1.29, 1.82) is 0 Å². The summed E-state index contributed by atoms with van der Waals surface area (Å²) in [7, 11) is 0. The predicted molar refractivity (Wildman–Crippen MR) is 77.9 cm³/mol. The molecule has 0 atom stereocenters. The van der Waals surface area contributed by atoms with Gasteiger partial charge in [-0.2, -0.15) is 5.10 Å². The van der Waals surface area contributed by atoms with E-state index in [0.29, 0.717) is 0 Å². The molecule has 0 unspecified atom stereocenters. The fraction of sp³-hybridized carbons (Fsp3) is 0.0769. The van der Waals surface area contributed by atoms with Crippen molar-refractivity contribution in [1.82, 2.24) is 0 Å². The van der Waals surface area contributed by atoms with E-state index in [-0.39, 0.29) is 5.96 Å². The van der Waals surface area contributed by atoms with E-state index in [0.717, 1.165) is 11.1 Å². The largest absolute Gasteiger partial charge is 0.369 e. The number of hydrogen-bond donors (Lipinski definition) is 2. The first-order chi connectivity index (χ1) is 8.66. The van der Waals surface area contributed by atoms with Crippen LogP contribution in [-0.2, 0) is 0 Å². The van der Waals surface area contributed by atoms with Crippen molar-refractivity contribution in [3.05, 3.63) is 46.8 Å². The molecule has 1 aromatic carbocycles. The summed E-state index contributed by atoms with van der Waals surface area (Å²) >= 11 is 1.75. The first-order valence-electron chi connectivity index (χ1n) is 5.44. The number of aryl methyl sites for hydroxylation is 1. The maximum atomic E-state index is 5.23. The minimum atomic E-state index is -0.0456. The molecule has 0 radical (unpaired) electrons. The van der Waals surface area contributed by atoms with Crippen LogP contribution in [0.3, 0.4) is 0 Å². The summed E-state index contributed by atoms with van der Waals surface area (Å²) in [6.45, 7) is 2.09. The lowest BCUT2D eigenvalue weighted by atomic mass is 10.1. The maximum absolute atomic E-state index is 5.23. The van der Waals surface area contributed by atoms with Crippen LogP contribution < -0.4 is 11.5 Å². The molecule has 0 saturated heterocycles. The topological polar surface area (TPSA) is 76.8 Å². The van der Waals surface area contributed by atoms with Crippen LogP contribution in [0.15, 0.2) is 46.6 Å². The van der Waals surface area contributed by atoms with E-state index in [2.05, 4.69) is 35.3 Å². The van der Waals surface area contributed by atoms with Gasteiger partial charge in [-0.05, 0) is 19.1 Å². The Kier molecular flexibility index (Phi) is 3.74. The van der Waals surface area contributed by atoms with Gasteiger partial charge in [0.25, 0.3) is 0 Å². The Morgan fingerprint density at radius 2 is 1.94 bits per heavy atom. The van der Waals surface area contributed by atoms with Gasteiger partial charge in [-0.3, -0.25) is 0 Å². The SMILES string of the molecule is Cc1ccc(-c2ccccc2C=NN=C(N)N)s1. The summed E-state index contributed by atoms with van der Waals surface area (Å²) in [6.07, 6.45) is 1.66. The van der Waals surface area contributed by atoms with Crippen LogP contribution in [0, 0.1) is 6.92 Å². The van der Waals surface area contributed by atoms with E-state index in [4.69, 9.17) is 11.5 Å². The van der Waals surface area contributed by atoms with E-state index in [1.807, 2.05) is 18.2 Å². The third-order valence-electron chi connectivity index (χ3n) is 2.34. The number of thiophene rings is 1. The molecule has 18 heavy (non-hydrogen) atoms. The highest BCUT2D eigenvalue weighted by Crippen LogP contribution is 2.29. The number of nitrogens with two attached hydrogens (primary N) is 2. The third kappa shape index (κ3) is 2.95. The van der Waals surface area contributed by atoms with Crippen molar-refractivity contribution in [3.8, 4) is 10.4 Å². The second kappa shape index (κ2) is 5.46. The molecule has 4 nitrogen and oxygen atoms in total. The molecule has 4 N–H and O–H groups in total. The first kappa shape index (κ1) is 12.3. The van der Waals surface area contributed by atoms with E-state index < -0.39 is 0 Å². The van der Waals surface area contributed by atoms with Crippen LogP contribution in [0.1, 0.15) is 10.4 Å². The molecule has 2 rings (SSSR count). The summed E-state index contributed by atoms with van der Waals surface area (Å²) in [6, 6.07) is 12.2. The second-order valence-electron chi connectivity index (χ2n) is 3.77. The first-order valence-corrected chi connectivity index (χ1v) is 6.26. The van der Waals surface area contributed by atoms with Crippen molar-refractivity contribution in [2.24, 2.45) is 21.7 Å².